The van der Waals surface area contributed by atoms with E-state index in [9.17, 15) is 4.79 Å². The third kappa shape index (κ3) is 1.80. The van der Waals surface area contributed by atoms with E-state index in [1.165, 1.54) is 5.19 Å². The number of ketones is 1. The molecule has 1 aliphatic rings. The molecule has 1 heterocycles. The Morgan fingerprint density at radius 2 is 2.00 bits per heavy atom. The first-order valence-corrected chi connectivity index (χ1v) is 9.81. The topological polar surface area (TPSA) is 26.3 Å². The number of hydrogen-bond acceptors (Lipinski definition) is 3. The molecule has 0 fully saturated rings. The van der Waals surface area contributed by atoms with Crippen molar-refractivity contribution in [2.75, 3.05) is 12.9 Å². The average Bonchev–Trinajstić information content (AvgIpc) is 2.58. The zero-order valence-electron chi connectivity index (χ0n) is 10.1. The quantitative estimate of drug-likeness (QED) is 0.757. The maximum absolute atomic E-state index is 11.9. The monoisotopic (exact) mass is 252 g/mol. The lowest BCUT2D eigenvalue weighted by Gasteiger charge is -2.22. The Balaban J connectivity index is 2.72. The van der Waals surface area contributed by atoms with Gasteiger partial charge in [0.15, 0.2) is 5.78 Å². The summed E-state index contributed by atoms with van der Waals surface area (Å²) >= 11 is 1.64. The third-order valence-electron chi connectivity index (χ3n) is 2.74. The zero-order chi connectivity index (χ0) is 11.9. The van der Waals surface area contributed by atoms with Crippen molar-refractivity contribution in [1.29, 1.82) is 0 Å². The Labute approximate surface area is 101 Å². The number of benzene rings is 1. The first kappa shape index (κ1) is 11.7. The van der Waals surface area contributed by atoms with Crippen LogP contribution in [0.4, 0.5) is 0 Å². The van der Waals surface area contributed by atoms with E-state index in [4.69, 9.17) is 4.74 Å². The van der Waals surface area contributed by atoms with Crippen LogP contribution in [0.2, 0.25) is 19.6 Å². The van der Waals surface area contributed by atoms with Crippen LogP contribution in [0.25, 0.3) is 0 Å². The van der Waals surface area contributed by atoms with Gasteiger partial charge in [-0.25, -0.2) is 0 Å². The van der Waals surface area contributed by atoms with E-state index in [1.54, 1.807) is 18.9 Å². The van der Waals surface area contributed by atoms with Crippen LogP contribution >= 0.6 is 11.8 Å². The third-order valence-corrected chi connectivity index (χ3v) is 5.79. The van der Waals surface area contributed by atoms with Crippen LogP contribution < -0.4 is 9.92 Å². The Morgan fingerprint density at radius 3 is 2.56 bits per heavy atom. The van der Waals surface area contributed by atoms with Gasteiger partial charge in [0.05, 0.1) is 20.9 Å². The lowest BCUT2D eigenvalue weighted by Crippen LogP contribution is -2.42. The summed E-state index contributed by atoms with van der Waals surface area (Å²) in [6, 6.07) is 4.01. The van der Waals surface area contributed by atoms with Crippen molar-refractivity contribution in [3.8, 4) is 5.75 Å². The highest BCUT2D eigenvalue weighted by Crippen LogP contribution is 2.34. The molecule has 0 spiro atoms. The Kier molecular flexibility index (Phi) is 2.88. The van der Waals surface area contributed by atoms with Gasteiger partial charge in [-0.05, 0) is 17.3 Å². The number of thioether (sulfide) groups is 1. The molecule has 0 atom stereocenters. The minimum atomic E-state index is -1.56. The SMILES string of the molecule is COc1ccc2c(c1[Si](C)(C)C)C(=O)CS2. The predicted octanol–water partition coefficient (Wildman–Crippen LogP) is 2.53. The van der Waals surface area contributed by atoms with Crippen LogP contribution in [0.3, 0.4) is 0 Å². The molecule has 1 aromatic carbocycles. The van der Waals surface area contributed by atoms with Crippen LogP contribution in [0.15, 0.2) is 17.0 Å². The maximum atomic E-state index is 11.9. The number of carbonyl (C=O) groups excluding carboxylic acids is 1. The molecular formula is C12H16O2SSi. The molecule has 0 bridgehead atoms. The van der Waals surface area contributed by atoms with E-state index >= 15 is 0 Å². The van der Waals surface area contributed by atoms with E-state index < -0.39 is 8.07 Å². The average molecular weight is 252 g/mol. The molecular weight excluding hydrogens is 236 g/mol. The minimum Gasteiger partial charge on any atom is -0.497 e. The zero-order valence-corrected chi connectivity index (χ0v) is 11.9. The fourth-order valence-corrected chi connectivity index (χ4v) is 5.09. The number of ether oxygens (including phenoxy) is 1. The molecule has 1 aliphatic heterocycles. The van der Waals surface area contributed by atoms with Gasteiger partial charge in [-0.15, -0.1) is 11.8 Å². The van der Waals surface area contributed by atoms with Gasteiger partial charge in [0.1, 0.15) is 5.75 Å². The summed E-state index contributed by atoms with van der Waals surface area (Å²) in [4.78, 5) is 13.1. The lowest BCUT2D eigenvalue weighted by molar-refractivity contribution is 0.102. The molecule has 0 unspecified atom stereocenters. The van der Waals surface area contributed by atoms with Crippen molar-refractivity contribution in [1.82, 2.24) is 0 Å². The van der Waals surface area contributed by atoms with Crippen LogP contribution in [-0.4, -0.2) is 26.7 Å². The Bertz CT molecular complexity index is 449. The number of carbonyl (C=O) groups is 1. The molecule has 0 amide bonds. The Morgan fingerprint density at radius 1 is 1.31 bits per heavy atom. The second kappa shape index (κ2) is 3.93. The Hall–Kier alpha value is -0.743. The summed E-state index contributed by atoms with van der Waals surface area (Å²) in [5.41, 5.74) is 0.934. The van der Waals surface area contributed by atoms with Crippen LogP contribution in [-0.2, 0) is 0 Å². The van der Waals surface area contributed by atoms with E-state index in [2.05, 4.69) is 19.6 Å². The second-order valence-electron chi connectivity index (χ2n) is 4.98. The molecule has 1 aromatic rings. The first-order chi connectivity index (χ1) is 7.45. The van der Waals surface area contributed by atoms with Gasteiger partial charge in [0.2, 0.25) is 0 Å². The van der Waals surface area contributed by atoms with Crippen LogP contribution in [0.5, 0.6) is 5.75 Å². The molecule has 0 saturated carbocycles. The highest BCUT2D eigenvalue weighted by molar-refractivity contribution is 8.00. The number of Topliss-reactive ketones (excluding diaryl/α,β-unsaturated/α-hetero) is 1. The fourth-order valence-electron chi connectivity index (χ4n) is 2.09. The van der Waals surface area contributed by atoms with Gasteiger partial charge in [0, 0.05) is 10.5 Å². The standard InChI is InChI=1S/C12H16O2SSi/c1-14-9-5-6-10-11(8(13)7-15-10)12(9)16(2,3)4/h5-6H,7H2,1-4H3. The largest absolute Gasteiger partial charge is 0.497 e. The van der Waals surface area contributed by atoms with Crippen molar-refractivity contribution >= 4 is 30.8 Å². The molecule has 0 aliphatic carbocycles. The van der Waals surface area contributed by atoms with Gasteiger partial charge in [-0.2, -0.15) is 0 Å². The summed E-state index contributed by atoms with van der Waals surface area (Å²) in [6.45, 7) is 6.75. The molecule has 0 aromatic heterocycles. The molecule has 86 valence electrons. The fraction of sp³-hybridized carbons (Fsp3) is 0.417. The van der Waals surface area contributed by atoms with Crippen molar-refractivity contribution in [2.24, 2.45) is 0 Å². The summed E-state index contributed by atoms with van der Waals surface area (Å²) < 4.78 is 5.42. The van der Waals surface area contributed by atoms with Gasteiger partial charge in [-0.1, -0.05) is 19.6 Å². The van der Waals surface area contributed by atoms with Gasteiger partial charge >= 0.3 is 0 Å². The van der Waals surface area contributed by atoms with Gasteiger partial charge in [-0.3, -0.25) is 4.79 Å². The number of hydrogen-bond donors (Lipinski definition) is 0. The molecule has 0 saturated heterocycles. The highest BCUT2D eigenvalue weighted by atomic mass is 32.2. The number of fused-ring (bicyclic) bond motifs is 1. The van der Waals surface area contributed by atoms with Crippen molar-refractivity contribution in [2.45, 2.75) is 24.5 Å². The minimum absolute atomic E-state index is 0.260. The summed E-state index contributed by atoms with van der Waals surface area (Å²) in [7, 11) is 0.122. The normalized spacial score (nSPS) is 15.1. The second-order valence-corrected chi connectivity index (χ2v) is 11.0. The summed E-state index contributed by atoms with van der Waals surface area (Å²) in [5.74, 6) is 1.73. The molecule has 4 heteroatoms. The van der Waals surface area contributed by atoms with Crippen LogP contribution in [0.1, 0.15) is 10.4 Å². The van der Waals surface area contributed by atoms with E-state index in [1.807, 2.05) is 12.1 Å². The van der Waals surface area contributed by atoms with Crippen molar-refractivity contribution in [3.05, 3.63) is 17.7 Å². The van der Waals surface area contributed by atoms with E-state index in [0.717, 1.165) is 16.2 Å². The van der Waals surface area contributed by atoms with E-state index in [-0.39, 0.29) is 5.78 Å². The molecule has 0 radical (unpaired) electrons. The van der Waals surface area contributed by atoms with Crippen LogP contribution in [0, 0.1) is 0 Å². The maximum Gasteiger partial charge on any atom is 0.174 e. The van der Waals surface area contributed by atoms with Gasteiger partial charge < -0.3 is 4.74 Å². The molecule has 2 nitrogen and oxygen atoms in total. The summed E-state index contributed by atoms with van der Waals surface area (Å²) in [5, 5.41) is 1.18. The smallest absolute Gasteiger partial charge is 0.174 e. The predicted molar refractivity (Wildman–Crippen MR) is 71.0 cm³/mol. The van der Waals surface area contributed by atoms with E-state index in [0.29, 0.717) is 5.75 Å². The number of rotatable bonds is 2. The molecule has 0 N–H and O–H groups in total. The molecule has 16 heavy (non-hydrogen) atoms. The van der Waals surface area contributed by atoms with Gasteiger partial charge in [0.25, 0.3) is 0 Å². The first-order valence-electron chi connectivity index (χ1n) is 5.32. The van der Waals surface area contributed by atoms with Crippen molar-refractivity contribution in [3.63, 3.8) is 0 Å². The summed E-state index contributed by atoms with van der Waals surface area (Å²) in [6.07, 6.45) is 0. The lowest BCUT2D eigenvalue weighted by atomic mass is 10.1. The van der Waals surface area contributed by atoms with Crippen molar-refractivity contribution < 1.29 is 9.53 Å². The highest BCUT2D eigenvalue weighted by Gasteiger charge is 2.32. The number of methoxy groups -OCH3 is 1. The molecule has 2 rings (SSSR count).